The standard InChI is InChI=1S/C22H27N3O4/c1-14-11-16(22(3,4)5)12-15(2)17(14)8-9-23-19(26)13-25-21(27)29-20(24-25)18-7-6-10-28-18/h6-7,10-12H,8-9,13H2,1-5H3,(H,23,26). The van der Waals surface area contributed by atoms with Crippen molar-refractivity contribution in [1.29, 1.82) is 0 Å². The average Bonchev–Trinajstić information content (AvgIpc) is 3.27. The lowest BCUT2D eigenvalue weighted by Gasteiger charge is -2.22. The van der Waals surface area contributed by atoms with E-state index in [1.165, 1.54) is 28.5 Å². The Morgan fingerprint density at radius 3 is 2.48 bits per heavy atom. The number of amides is 1. The van der Waals surface area contributed by atoms with Crippen molar-refractivity contribution in [1.82, 2.24) is 15.1 Å². The Morgan fingerprint density at radius 2 is 1.90 bits per heavy atom. The number of furan rings is 1. The lowest BCUT2D eigenvalue weighted by molar-refractivity contribution is -0.121. The zero-order valence-corrected chi connectivity index (χ0v) is 17.5. The topological polar surface area (TPSA) is 90.3 Å². The highest BCUT2D eigenvalue weighted by molar-refractivity contribution is 5.75. The Bertz CT molecular complexity index is 1030. The second-order valence-electron chi connectivity index (χ2n) is 8.25. The van der Waals surface area contributed by atoms with Gasteiger partial charge in [-0.15, -0.1) is 5.10 Å². The smallest absolute Gasteiger partial charge is 0.437 e. The van der Waals surface area contributed by atoms with Crippen LogP contribution >= 0.6 is 0 Å². The van der Waals surface area contributed by atoms with Gasteiger partial charge in [0.25, 0.3) is 5.89 Å². The van der Waals surface area contributed by atoms with E-state index in [9.17, 15) is 9.59 Å². The monoisotopic (exact) mass is 397 g/mol. The van der Waals surface area contributed by atoms with E-state index in [-0.39, 0.29) is 23.8 Å². The van der Waals surface area contributed by atoms with Crippen LogP contribution in [-0.2, 0) is 23.2 Å². The lowest BCUT2D eigenvalue weighted by atomic mass is 9.83. The van der Waals surface area contributed by atoms with E-state index in [0.29, 0.717) is 12.3 Å². The van der Waals surface area contributed by atoms with Crippen molar-refractivity contribution in [2.45, 2.75) is 53.0 Å². The maximum Gasteiger partial charge on any atom is 0.437 e. The Balaban J connectivity index is 1.59. The molecule has 0 aliphatic rings. The Labute approximate surface area is 169 Å². The molecule has 7 nitrogen and oxygen atoms in total. The molecule has 0 spiro atoms. The van der Waals surface area contributed by atoms with Crippen LogP contribution in [-0.4, -0.2) is 22.2 Å². The van der Waals surface area contributed by atoms with Crippen molar-refractivity contribution in [3.05, 3.63) is 63.3 Å². The number of aryl methyl sites for hydroxylation is 2. The van der Waals surface area contributed by atoms with E-state index >= 15 is 0 Å². The molecule has 3 aromatic rings. The van der Waals surface area contributed by atoms with Gasteiger partial charge in [0.05, 0.1) is 6.26 Å². The van der Waals surface area contributed by atoms with Crippen molar-refractivity contribution < 1.29 is 13.6 Å². The summed E-state index contributed by atoms with van der Waals surface area (Å²) in [5.41, 5.74) is 5.08. The molecule has 154 valence electrons. The van der Waals surface area contributed by atoms with Crippen molar-refractivity contribution in [2.75, 3.05) is 6.54 Å². The van der Waals surface area contributed by atoms with Crippen LogP contribution in [0.25, 0.3) is 11.7 Å². The van der Waals surface area contributed by atoms with Crippen LogP contribution in [0.3, 0.4) is 0 Å². The number of carbonyl (C=O) groups is 1. The normalized spacial score (nSPS) is 11.6. The third kappa shape index (κ3) is 4.85. The first-order valence-corrected chi connectivity index (χ1v) is 9.64. The number of carbonyl (C=O) groups excluding carboxylic acids is 1. The minimum absolute atomic E-state index is 0.0537. The lowest BCUT2D eigenvalue weighted by Crippen LogP contribution is -2.32. The van der Waals surface area contributed by atoms with E-state index < -0.39 is 5.76 Å². The van der Waals surface area contributed by atoms with E-state index in [2.05, 4.69) is 57.2 Å². The molecule has 2 aromatic heterocycles. The van der Waals surface area contributed by atoms with Crippen LogP contribution in [0.15, 0.2) is 44.2 Å². The summed E-state index contributed by atoms with van der Waals surface area (Å²) in [6, 6.07) is 7.73. The summed E-state index contributed by atoms with van der Waals surface area (Å²) in [6.07, 6.45) is 2.18. The second-order valence-corrected chi connectivity index (χ2v) is 8.25. The molecule has 7 heteroatoms. The molecule has 0 saturated carbocycles. The number of hydrogen-bond acceptors (Lipinski definition) is 5. The summed E-state index contributed by atoms with van der Waals surface area (Å²) in [5.74, 6) is -0.604. The molecule has 1 N–H and O–H groups in total. The number of hydrogen-bond donors (Lipinski definition) is 1. The molecule has 0 unspecified atom stereocenters. The first-order chi connectivity index (χ1) is 13.6. The summed E-state index contributed by atoms with van der Waals surface area (Å²) in [6.45, 7) is 11.1. The SMILES string of the molecule is Cc1cc(C(C)(C)C)cc(C)c1CCNC(=O)Cn1nc(-c2ccco2)oc1=O. The third-order valence-electron chi connectivity index (χ3n) is 4.89. The predicted molar refractivity (Wildman–Crippen MR) is 110 cm³/mol. The quantitative estimate of drug-likeness (QED) is 0.689. The molecule has 1 amide bonds. The molecule has 0 bridgehead atoms. The van der Waals surface area contributed by atoms with Gasteiger partial charge in [0.15, 0.2) is 5.76 Å². The van der Waals surface area contributed by atoms with Crippen molar-refractivity contribution in [3.63, 3.8) is 0 Å². The summed E-state index contributed by atoms with van der Waals surface area (Å²) < 4.78 is 11.2. The van der Waals surface area contributed by atoms with Crippen molar-refractivity contribution in [2.24, 2.45) is 0 Å². The van der Waals surface area contributed by atoms with Gasteiger partial charge < -0.3 is 14.2 Å². The molecule has 0 atom stereocenters. The Morgan fingerprint density at radius 1 is 1.21 bits per heavy atom. The number of rotatable bonds is 6. The molecule has 0 radical (unpaired) electrons. The van der Waals surface area contributed by atoms with Gasteiger partial charge in [-0.3, -0.25) is 4.79 Å². The van der Waals surface area contributed by atoms with Crippen LogP contribution in [0.2, 0.25) is 0 Å². The summed E-state index contributed by atoms with van der Waals surface area (Å²) >= 11 is 0. The largest absolute Gasteiger partial charge is 0.459 e. The predicted octanol–water partition coefficient (Wildman–Crippen LogP) is 3.37. The molecule has 0 fully saturated rings. The molecule has 0 aliphatic heterocycles. The van der Waals surface area contributed by atoms with Crippen molar-refractivity contribution >= 4 is 5.91 Å². The van der Waals surface area contributed by atoms with Crippen LogP contribution in [0.5, 0.6) is 0 Å². The van der Waals surface area contributed by atoms with E-state index in [4.69, 9.17) is 8.83 Å². The molecular formula is C22H27N3O4. The summed E-state index contributed by atoms with van der Waals surface area (Å²) in [7, 11) is 0. The van der Waals surface area contributed by atoms with E-state index in [1.54, 1.807) is 12.1 Å². The van der Waals surface area contributed by atoms with Crippen LogP contribution in [0.1, 0.15) is 43.0 Å². The van der Waals surface area contributed by atoms with E-state index in [0.717, 1.165) is 11.1 Å². The number of aromatic nitrogens is 2. The summed E-state index contributed by atoms with van der Waals surface area (Å²) in [4.78, 5) is 24.1. The van der Waals surface area contributed by atoms with Gasteiger partial charge >= 0.3 is 5.76 Å². The van der Waals surface area contributed by atoms with Gasteiger partial charge in [-0.25, -0.2) is 4.79 Å². The number of benzene rings is 1. The third-order valence-corrected chi connectivity index (χ3v) is 4.89. The zero-order chi connectivity index (χ0) is 21.2. The van der Waals surface area contributed by atoms with Gasteiger partial charge in [-0.1, -0.05) is 32.9 Å². The van der Waals surface area contributed by atoms with E-state index in [1.807, 2.05) is 0 Å². The maximum absolute atomic E-state index is 12.2. The molecule has 29 heavy (non-hydrogen) atoms. The molecule has 3 rings (SSSR count). The highest BCUT2D eigenvalue weighted by Crippen LogP contribution is 2.27. The Hall–Kier alpha value is -3.09. The molecule has 1 aromatic carbocycles. The fraction of sp³-hybridized carbons (Fsp3) is 0.409. The highest BCUT2D eigenvalue weighted by atomic mass is 16.4. The van der Waals surface area contributed by atoms with Crippen LogP contribution in [0, 0.1) is 13.8 Å². The second kappa shape index (κ2) is 8.11. The van der Waals surface area contributed by atoms with Gasteiger partial charge in [0.1, 0.15) is 6.54 Å². The minimum atomic E-state index is -0.698. The minimum Gasteiger partial charge on any atom is -0.459 e. The average molecular weight is 397 g/mol. The van der Waals surface area contributed by atoms with Gasteiger partial charge in [0.2, 0.25) is 5.91 Å². The Kier molecular flexibility index (Phi) is 5.77. The fourth-order valence-corrected chi connectivity index (χ4v) is 3.25. The van der Waals surface area contributed by atoms with Gasteiger partial charge in [-0.05, 0) is 60.1 Å². The zero-order valence-electron chi connectivity index (χ0n) is 17.5. The first-order valence-electron chi connectivity index (χ1n) is 9.64. The number of nitrogens with zero attached hydrogens (tertiary/aromatic N) is 2. The van der Waals surface area contributed by atoms with Gasteiger partial charge in [-0.2, -0.15) is 4.68 Å². The number of nitrogens with one attached hydrogen (secondary N) is 1. The maximum atomic E-state index is 12.2. The fourth-order valence-electron chi connectivity index (χ4n) is 3.25. The summed E-state index contributed by atoms with van der Waals surface area (Å²) in [5, 5.41) is 6.85. The van der Waals surface area contributed by atoms with Gasteiger partial charge in [0, 0.05) is 6.54 Å². The van der Waals surface area contributed by atoms with Crippen molar-refractivity contribution in [3.8, 4) is 11.7 Å². The molecular weight excluding hydrogens is 370 g/mol. The molecule has 0 saturated heterocycles. The van der Waals surface area contributed by atoms with Crippen LogP contribution < -0.4 is 11.1 Å². The first kappa shape index (κ1) is 20.6. The highest BCUT2D eigenvalue weighted by Gasteiger charge is 2.17. The molecule has 0 aliphatic carbocycles. The van der Waals surface area contributed by atoms with Crippen LogP contribution in [0.4, 0.5) is 0 Å². The molecule has 2 heterocycles.